The zero-order valence-electron chi connectivity index (χ0n) is 11.7. The van der Waals surface area contributed by atoms with Crippen molar-refractivity contribution >= 4 is 22.1 Å². The number of nitro benzene ring substituents is 1. The highest BCUT2D eigenvalue weighted by Gasteiger charge is 2.26. The molecule has 110 valence electrons. The average Bonchev–Trinajstić information content (AvgIpc) is 2.94. The van der Waals surface area contributed by atoms with Gasteiger partial charge < -0.3 is 11.1 Å². The fourth-order valence-corrected chi connectivity index (χ4v) is 3.17. The molecular formula is C15H18N4O2. The third-order valence-electron chi connectivity index (χ3n) is 4.29. The Morgan fingerprint density at radius 3 is 2.95 bits per heavy atom. The topological polar surface area (TPSA) is 94.1 Å². The largest absolute Gasteiger partial charge is 0.381 e. The van der Waals surface area contributed by atoms with Gasteiger partial charge >= 0.3 is 0 Å². The van der Waals surface area contributed by atoms with Crippen LogP contribution in [0.5, 0.6) is 0 Å². The molecule has 0 amide bonds. The summed E-state index contributed by atoms with van der Waals surface area (Å²) in [5, 5.41) is 16.0. The van der Waals surface area contributed by atoms with Crippen molar-refractivity contribution in [2.45, 2.75) is 25.3 Å². The van der Waals surface area contributed by atoms with Crippen molar-refractivity contribution in [3.8, 4) is 0 Å². The number of non-ortho nitro benzene ring substituents is 1. The molecule has 6 nitrogen and oxygen atoms in total. The van der Waals surface area contributed by atoms with Gasteiger partial charge in [-0.25, -0.2) is 0 Å². The summed E-state index contributed by atoms with van der Waals surface area (Å²) in [4.78, 5) is 14.7. The van der Waals surface area contributed by atoms with Crippen LogP contribution in [0.25, 0.3) is 10.8 Å². The third-order valence-corrected chi connectivity index (χ3v) is 4.29. The summed E-state index contributed by atoms with van der Waals surface area (Å²) in [7, 11) is 0. The number of hydrogen-bond acceptors (Lipinski definition) is 5. The lowest BCUT2D eigenvalue weighted by Gasteiger charge is -2.21. The van der Waals surface area contributed by atoms with E-state index in [-0.39, 0.29) is 10.6 Å². The number of anilines is 1. The predicted octanol–water partition coefficient (Wildman–Crippen LogP) is 2.68. The molecule has 0 aliphatic heterocycles. The van der Waals surface area contributed by atoms with E-state index in [1.54, 1.807) is 24.5 Å². The lowest BCUT2D eigenvalue weighted by molar-refractivity contribution is -0.383. The third kappa shape index (κ3) is 2.54. The summed E-state index contributed by atoms with van der Waals surface area (Å²) in [6.07, 6.45) is 6.61. The summed E-state index contributed by atoms with van der Waals surface area (Å²) >= 11 is 0. The molecule has 3 N–H and O–H groups in total. The van der Waals surface area contributed by atoms with Crippen LogP contribution >= 0.6 is 0 Å². The van der Waals surface area contributed by atoms with E-state index in [9.17, 15) is 10.1 Å². The minimum atomic E-state index is -0.369. The second-order valence-electron chi connectivity index (χ2n) is 5.49. The summed E-state index contributed by atoms with van der Waals surface area (Å²) in [6.45, 7) is 0.671. The Balaban J connectivity index is 2.00. The quantitative estimate of drug-likeness (QED) is 0.665. The van der Waals surface area contributed by atoms with Gasteiger partial charge in [-0.2, -0.15) is 0 Å². The van der Waals surface area contributed by atoms with Gasteiger partial charge in [-0.3, -0.25) is 15.1 Å². The molecule has 0 spiro atoms. The van der Waals surface area contributed by atoms with Crippen molar-refractivity contribution in [3.05, 3.63) is 40.7 Å². The zero-order valence-corrected chi connectivity index (χ0v) is 11.7. The van der Waals surface area contributed by atoms with Crippen molar-refractivity contribution < 1.29 is 4.92 Å². The van der Waals surface area contributed by atoms with Gasteiger partial charge in [0.15, 0.2) is 0 Å². The number of nitro groups is 1. The molecule has 6 heteroatoms. The molecule has 0 bridgehead atoms. The Hall–Kier alpha value is -2.21. The molecule has 1 saturated carbocycles. The summed E-state index contributed by atoms with van der Waals surface area (Å²) in [5.74, 6) is 0.470. The first-order valence-corrected chi connectivity index (χ1v) is 7.18. The van der Waals surface area contributed by atoms with Crippen LogP contribution in [0.2, 0.25) is 0 Å². The Morgan fingerprint density at radius 1 is 1.33 bits per heavy atom. The van der Waals surface area contributed by atoms with Crippen molar-refractivity contribution in [1.29, 1.82) is 0 Å². The van der Waals surface area contributed by atoms with Gasteiger partial charge in [0.2, 0.25) is 0 Å². The van der Waals surface area contributed by atoms with E-state index in [1.807, 2.05) is 6.07 Å². The highest BCUT2D eigenvalue weighted by Crippen LogP contribution is 2.34. The van der Waals surface area contributed by atoms with Crippen LogP contribution in [0.15, 0.2) is 30.6 Å². The van der Waals surface area contributed by atoms with Crippen molar-refractivity contribution in [2.24, 2.45) is 11.7 Å². The molecule has 21 heavy (non-hydrogen) atoms. The lowest BCUT2D eigenvalue weighted by atomic mass is 10.0. The van der Waals surface area contributed by atoms with E-state index < -0.39 is 0 Å². The van der Waals surface area contributed by atoms with Crippen LogP contribution in [-0.2, 0) is 0 Å². The van der Waals surface area contributed by atoms with Gasteiger partial charge in [-0.05, 0) is 37.4 Å². The van der Waals surface area contributed by atoms with Gasteiger partial charge in [0, 0.05) is 35.6 Å². The van der Waals surface area contributed by atoms with E-state index in [0.717, 1.165) is 23.9 Å². The highest BCUT2D eigenvalue weighted by molar-refractivity contribution is 5.99. The van der Waals surface area contributed by atoms with Crippen molar-refractivity contribution in [2.75, 3.05) is 11.9 Å². The van der Waals surface area contributed by atoms with Gasteiger partial charge in [-0.1, -0.05) is 6.42 Å². The molecule has 1 heterocycles. The average molecular weight is 286 g/mol. The molecule has 1 aliphatic rings. The first kappa shape index (κ1) is 13.8. The van der Waals surface area contributed by atoms with Crippen LogP contribution in [0, 0.1) is 16.0 Å². The number of pyridine rings is 1. The van der Waals surface area contributed by atoms with E-state index >= 15 is 0 Å². The zero-order chi connectivity index (χ0) is 14.8. The van der Waals surface area contributed by atoms with E-state index in [0.29, 0.717) is 23.9 Å². The maximum atomic E-state index is 11.1. The molecular weight excluding hydrogens is 268 g/mol. The standard InChI is InChI=1S/C15H18N4O2/c16-8-10-2-1-3-13(10)18-14-4-5-15(19(20)21)12-9-17-7-6-11(12)14/h4-7,9-10,13,18H,1-3,8,16H2. The number of benzene rings is 1. The number of aromatic nitrogens is 1. The van der Waals surface area contributed by atoms with Crippen LogP contribution in [-0.4, -0.2) is 22.5 Å². The fourth-order valence-electron chi connectivity index (χ4n) is 3.17. The lowest BCUT2D eigenvalue weighted by Crippen LogP contribution is -2.29. The second kappa shape index (κ2) is 5.65. The first-order chi connectivity index (χ1) is 10.2. The maximum absolute atomic E-state index is 11.1. The minimum Gasteiger partial charge on any atom is -0.381 e. The Morgan fingerprint density at radius 2 is 2.19 bits per heavy atom. The smallest absolute Gasteiger partial charge is 0.278 e. The fraction of sp³-hybridized carbons (Fsp3) is 0.400. The number of nitrogens with zero attached hydrogens (tertiary/aromatic N) is 2. The number of fused-ring (bicyclic) bond motifs is 1. The van der Waals surface area contributed by atoms with Gasteiger partial charge in [-0.15, -0.1) is 0 Å². The normalized spacial score (nSPS) is 21.6. The molecule has 2 unspecified atom stereocenters. The summed E-state index contributed by atoms with van der Waals surface area (Å²) in [6, 6.07) is 5.48. The second-order valence-corrected chi connectivity index (χ2v) is 5.49. The minimum absolute atomic E-state index is 0.0884. The monoisotopic (exact) mass is 286 g/mol. The van der Waals surface area contributed by atoms with Crippen molar-refractivity contribution in [1.82, 2.24) is 4.98 Å². The summed E-state index contributed by atoms with van der Waals surface area (Å²) < 4.78 is 0. The molecule has 1 aliphatic carbocycles. The predicted molar refractivity (Wildman–Crippen MR) is 82.2 cm³/mol. The number of rotatable bonds is 4. The number of hydrogen-bond donors (Lipinski definition) is 2. The molecule has 1 aromatic carbocycles. The molecule has 2 atom stereocenters. The SMILES string of the molecule is NCC1CCCC1Nc1ccc([N+](=O)[O-])c2cnccc12. The number of nitrogens with one attached hydrogen (secondary N) is 1. The van der Waals surface area contributed by atoms with Crippen LogP contribution < -0.4 is 11.1 Å². The van der Waals surface area contributed by atoms with Gasteiger partial charge in [0.1, 0.15) is 0 Å². The van der Waals surface area contributed by atoms with Crippen LogP contribution in [0.4, 0.5) is 11.4 Å². The van der Waals surface area contributed by atoms with E-state index in [1.165, 1.54) is 6.42 Å². The van der Waals surface area contributed by atoms with Crippen molar-refractivity contribution in [3.63, 3.8) is 0 Å². The van der Waals surface area contributed by atoms with E-state index in [2.05, 4.69) is 10.3 Å². The van der Waals surface area contributed by atoms with E-state index in [4.69, 9.17) is 5.73 Å². The first-order valence-electron chi connectivity index (χ1n) is 7.18. The van der Waals surface area contributed by atoms with Crippen LogP contribution in [0.1, 0.15) is 19.3 Å². The molecule has 2 aromatic rings. The number of nitrogens with two attached hydrogens (primary N) is 1. The van der Waals surface area contributed by atoms with Crippen LogP contribution in [0.3, 0.4) is 0 Å². The Kier molecular flexibility index (Phi) is 3.70. The van der Waals surface area contributed by atoms with Gasteiger partial charge in [0.25, 0.3) is 5.69 Å². The Bertz CT molecular complexity index is 674. The molecule has 0 radical (unpaired) electrons. The summed E-state index contributed by atoms with van der Waals surface area (Å²) in [5.41, 5.74) is 6.82. The molecule has 1 fully saturated rings. The molecule has 3 rings (SSSR count). The maximum Gasteiger partial charge on any atom is 0.278 e. The Labute approximate surface area is 122 Å². The molecule has 0 saturated heterocycles. The molecule has 1 aromatic heterocycles. The highest BCUT2D eigenvalue weighted by atomic mass is 16.6. The van der Waals surface area contributed by atoms with Gasteiger partial charge in [0.05, 0.1) is 10.3 Å².